The Bertz CT molecular complexity index is 2460. The zero-order chi connectivity index (χ0) is 52.0. The lowest BCUT2D eigenvalue weighted by Gasteiger charge is -2.35. The Hall–Kier alpha value is -6.70. The second kappa shape index (κ2) is 25.2. The van der Waals surface area contributed by atoms with Crippen LogP contribution in [0, 0.1) is 17.7 Å². The number of nitrogens with two attached hydrogens (primary N) is 1. The van der Waals surface area contributed by atoms with E-state index in [-0.39, 0.29) is 113 Å². The van der Waals surface area contributed by atoms with E-state index in [4.69, 9.17) is 15.2 Å². The Labute approximate surface area is 407 Å². The van der Waals surface area contributed by atoms with Crippen LogP contribution in [0.2, 0.25) is 0 Å². The smallest absolute Gasteiger partial charge is 0.410 e. The molecule has 2 aromatic carbocycles. The fourth-order valence-electron chi connectivity index (χ4n) is 7.90. The van der Waals surface area contributed by atoms with E-state index in [1.165, 1.54) is 22.1 Å². The van der Waals surface area contributed by atoms with Crippen molar-refractivity contribution in [3.63, 3.8) is 0 Å². The molecule has 2 heterocycles. The summed E-state index contributed by atoms with van der Waals surface area (Å²) in [5, 5.41) is 14.8. The number of ether oxygens (including phenoxy) is 2. The largest absolute Gasteiger partial charge is 0.477 e. The van der Waals surface area contributed by atoms with E-state index in [9.17, 15) is 48.3 Å². The van der Waals surface area contributed by atoms with Crippen molar-refractivity contribution in [2.75, 3.05) is 51.7 Å². The number of Topliss-reactive ketones (excluding diaryl/α,β-unsaturated/α-hetero) is 2. The van der Waals surface area contributed by atoms with Crippen molar-refractivity contribution in [2.24, 2.45) is 17.6 Å². The van der Waals surface area contributed by atoms with Gasteiger partial charge >= 0.3 is 18.0 Å². The molecule has 4 amide bonds. The normalized spacial score (nSPS) is 14.1. The van der Waals surface area contributed by atoms with E-state index in [0.717, 1.165) is 6.07 Å². The number of nitrogens with one attached hydrogen (secondary N) is 2. The predicted molar refractivity (Wildman–Crippen MR) is 258 cm³/mol. The number of fused-ring (bicyclic) bond motifs is 1. The Kier molecular flexibility index (Phi) is 20.2. The Morgan fingerprint density at radius 2 is 1.53 bits per heavy atom. The lowest BCUT2D eigenvalue weighted by Crippen LogP contribution is -2.50. The van der Waals surface area contributed by atoms with Gasteiger partial charge < -0.3 is 50.2 Å². The van der Waals surface area contributed by atoms with E-state index in [1.54, 1.807) is 89.4 Å². The van der Waals surface area contributed by atoms with Crippen molar-refractivity contribution in [3.8, 4) is 0 Å². The summed E-state index contributed by atoms with van der Waals surface area (Å²) in [4.78, 5) is 120. The molecule has 1 fully saturated rings. The minimum atomic E-state index is -1.39. The molecule has 20 heteroatoms. The van der Waals surface area contributed by atoms with Gasteiger partial charge in [-0.05, 0) is 69.7 Å². The minimum Gasteiger partial charge on any atom is -0.477 e. The number of aryl methyl sites for hydroxylation is 1. The molecule has 5 N–H and O–H groups in total. The summed E-state index contributed by atoms with van der Waals surface area (Å²) < 4.78 is 27.9. The zero-order valence-corrected chi connectivity index (χ0v) is 41.4. The van der Waals surface area contributed by atoms with Gasteiger partial charge in [0.1, 0.15) is 29.6 Å². The highest BCUT2D eigenvalue weighted by atomic mass is 19.1. The average Bonchev–Trinajstić information content (AvgIpc) is 3.30. The number of ketones is 2. The zero-order valence-electron chi connectivity index (χ0n) is 41.4. The maximum Gasteiger partial charge on any atom is 0.410 e. The number of carboxylic acids is 1. The number of aromatic carboxylic acids is 1. The molecule has 0 aliphatic carbocycles. The van der Waals surface area contributed by atoms with Gasteiger partial charge in [0, 0.05) is 103 Å². The maximum atomic E-state index is 15.4. The molecule has 0 spiro atoms. The van der Waals surface area contributed by atoms with E-state index >= 15 is 4.39 Å². The van der Waals surface area contributed by atoms with Crippen LogP contribution in [0.3, 0.4) is 0 Å². The summed E-state index contributed by atoms with van der Waals surface area (Å²) in [5.74, 6) is -6.00. The lowest BCUT2D eigenvalue weighted by atomic mass is 9.86. The van der Waals surface area contributed by atoms with Gasteiger partial charge in [-0.3, -0.25) is 33.6 Å². The first-order valence-electron chi connectivity index (χ1n) is 23.5. The monoisotopic (exact) mass is 977 g/mol. The molecular formula is C50H68FN7O12. The van der Waals surface area contributed by atoms with E-state index in [1.807, 2.05) is 0 Å². The van der Waals surface area contributed by atoms with Gasteiger partial charge in [0.2, 0.25) is 23.2 Å². The summed E-state index contributed by atoms with van der Waals surface area (Å²) in [6.07, 6.45) is 0.381. The van der Waals surface area contributed by atoms with Crippen LogP contribution in [-0.2, 0) is 57.8 Å². The number of hydrogen-bond acceptors (Lipinski definition) is 13. The summed E-state index contributed by atoms with van der Waals surface area (Å²) in [7, 11) is 3.22. The Morgan fingerprint density at radius 1 is 0.886 bits per heavy atom. The molecular weight excluding hydrogens is 910 g/mol. The fourth-order valence-corrected chi connectivity index (χ4v) is 7.90. The number of benzene rings is 2. The van der Waals surface area contributed by atoms with Gasteiger partial charge in [0.25, 0.3) is 0 Å². The molecule has 382 valence electrons. The Morgan fingerprint density at radius 3 is 2.10 bits per heavy atom. The number of nitrogens with zero attached hydrogens (tertiary/aromatic N) is 4. The summed E-state index contributed by atoms with van der Waals surface area (Å²) in [5.41, 5.74) is 5.86. The highest BCUT2D eigenvalue weighted by Crippen LogP contribution is 2.27. The molecule has 0 radical (unpaired) electrons. The SMILES string of the molecule is CCn1cc(C(=O)O)c(=O)c2cc(F)c(N3CCN(C(=O)OCc4ccc(CC(=O)[C@H](CN)NC(=O)[C@@H](CC(=O)[C@H](CCC(=O)OC(C)(C)C)NC(=O)CCCC(=O)N(C)C)C(C)C)cc4)CC3)cc21. The molecule has 1 aliphatic heterocycles. The number of hydrogen-bond donors (Lipinski definition) is 4. The number of anilines is 1. The topological polar surface area (TPSA) is 257 Å². The minimum absolute atomic E-state index is 0.0335. The molecule has 1 aliphatic rings. The number of carbonyl (C=O) groups is 8. The lowest BCUT2D eigenvalue weighted by molar-refractivity contribution is -0.155. The third-order valence-corrected chi connectivity index (χ3v) is 11.9. The third-order valence-electron chi connectivity index (χ3n) is 11.9. The highest BCUT2D eigenvalue weighted by Gasteiger charge is 2.33. The van der Waals surface area contributed by atoms with Gasteiger partial charge in [-0.2, -0.15) is 0 Å². The van der Waals surface area contributed by atoms with E-state index < -0.39 is 76.0 Å². The van der Waals surface area contributed by atoms with Crippen LogP contribution in [0.15, 0.2) is 47.4 Å². The van der Waals surface area contributed by atoms with Gasteiger partial charge in [-0.25, -0.2) is 14.0 Å². The van der Waals surface area contributed by atoms with Crippen molar-refractivity contribution in [1.82, 2.24) is 25.0 Å². The number of pyridine rings is 1. The fraction of sp³-hybridized carbons (Fsp3) is 0.540. The quantitative estimate of drug-likeness (QED) is 0.0982. The first kappa shape index (κ1) is 55.9. The van der Waals surface area contributed by atoms with Crippen LogP contribution >= 0.6 is 0 Å². The molecule has 3 aromatic rings. The molecule has 3 atom stereocenters. The van der Waals surface area contributed by atoms with Crippen LogP contribution < -0.4 is 26.7 Å². The van der Waals surface area contributed by atoms with Gasteiger partial charge in [0.15, 0.2) is 11.6 Å². The summed E-state index contributed by atoms with van der Waals surface area (Å²) in [6, 6.07) is 7.15. The number of piperazine rings is 1. The third kappa shape index (κ3) is 15.9. The second-order valence-electron chi connectivity index (χ2n) is 19.0. The number of amides is 4. The standard InChI is InChI=1S/C50H68FN7O12/c1-9-56-28-35(48(66)67)46(64)34-24-36(51)40(26-39(34)56)57-19-21-58(22-20-57)49(68)69-29-32-15-13-31(14-16-32)23-41(59)38(27-52)54-47(65)33(30(2)3)25-42(60)37(17-18-45(63)70-50(4,5)6)53-43(61)11-10-12-44(62)55(7)8/h13-16,24,26,28,30,33,37-38H,9-12,17-23,25,27,29,52H2,1-8H3,(H,53,61)(H,54,65)(H,66,67)/t33-,37-,38-/m0/s1. The van der Waals surface area contributed by atoms with Crippen molar-refractivity contribution < 1.29 is 57.3 Å². The number of esters is 1. The molecule has 1 saturated heterocycles. The van der Waals surface area contributed by atoms with E-state index in [2.05, 4.69) is 10.6 Å². The van der Waals surface area contributed by atoms with Crippen molar-refractivity contribution in [3.05, 3.63) is 75.3 Å². The number of aromatic nitrogens is 1. The number of carboxylic acid groups (broad SMARTS) is 1. The summed E-state index contributed by atoms with van der Waals surface area (Å²) >= 11 is 0. The van der Waals surface area contributed by atoms with Crippen molar-refractivity contribution in [2.45, 2.75) is 117 Å². The van der Waals surface area contributed by atoms with Crippen LogP contribution in [0.4, 0.5) is 14.9 Å². The van der Waals surface area contributed by atoms with Crippen molar-refractivity contribution >= 4 is 63.9 Å². The molecule has 4 rings (SSSR count). The second-order valence-corrected chi connectivity index (χ2v) is 19.0. The maximum absolute atomic E-state index is 15.4. The molecule has 1 aromatic heterocycles. The van der Waals surface area contributed by atoms with Crippen molar-refractivity contribution in [1.29, 1.82) is 0 Å². The summed E-state index contributed by atoms with van der Waals surface area (Å²) in [6.45, 7) is 11.4. The molecule has 19 nitrogen and oxygen atoms in total. The van der Waals surface area contributed by atoms with Crippen LogP contribution in [-0.4, -0.2) is 131 Å². The van der Waals surface area contributed by atoms with Gasteiger partial charge in [-0.1, -0.05) is 38.1 Å². The first-order valence-corrected chi connectivity index (χ1v) is 23.5. The van der Waals surface area contributed by atoms with Gasteiger partial charge in [-0.15, -0.1) is 0 Å². The number of carbonyl (C=O) groups excluding carboxylic acids is 7. The Balaban J connectivity index is 1.30. The van der Waals surface area contributed by atoms with Crippen LogP contribution in [0.25, 0.3) is 10.9 Å². The highest BCUT2D eigenvalue weighted by molar-refractivity contribution is 5.96. The number of rotatable bonds is 23. The molecule has 0 bridgehead atoms. The molecule has 70 heavy (non-hydrogen) atoms. The molecule has 0 unspecified atom stereocenters. The van der Waals surface area contributed by atoms with Gasteiger partial charge in [0.05, 0.1) is 17.2 Å². The van der Waals surface area contributed by atoms with E-state index in [0.29, 0.717) is 23.2 Å². The number of halogens is 1. The molecule has 0 saturated carbocycles. The first-order chi connectivity index (χ1) is 32.9. The average molecular weight is 978 g/mol. The van der Waals surface area contributed by atoms with Crippen LogP contribution in [0.1, 0.15) is 102 Å². The van der Waals surface area contributed by atoms with Crippen LogP contribution in [0.5, 0.6) is 0 Å². The predicted octanol–water partition coefficient (Wildman–Crippen LogP) is 3.97.